The van der Waals surface area contributed by atoms with Crippen molar-refractivity contribution in [2.75, 3.05) is 5.32 Å². The van der Waals surface area contributed by atoms with Crippen molar-refractivity contribution in [2.45, 2.75) is 20.4 Å². The Morgan fingerprint density at radius 2 is 1.85 bits per heavy atom. The average molecular weight is 363 g/mol. The van der Waals surface area contributed by atoms with Crippen molar-refractivity contribution in [1.29, 1.82) is 0 Å². The third-order valence-corrected chi connectivity index (χ3v) is 4.34. The first-order valence-corrected chi connectivity index (χ1v) is 8.55. The van der Waals surface area contributed by atoms with Gasteiger partial charge in [0.15, 0.2) is 5.82 Å². The van der Waals surface area contributed by atoms with Crippen LogP contribution in [-0.4, -0.2) is 19.6 Å². The lowest BCUT2D eigenvalue weighted by atomic mass is 10.1. The maximum absolute atomic E-state index is 13.1. The Balaban J connectivity index is 1.63. The number of aryl methyl sites for hydroxylation is 2. The number of anilines is 1. The van der Waals surface area contributed by atoms with Gasteiger partial charge in [-0.2, -0.15) is 9.50 Å². The number of aromatic amines is 1. The fourth-order valence-corrected chi connectivity index (χ4v) is 2.95. The average Bonchev–Trinajstić information content (AvgIpc) is 3.06. The van der Waals surface area contributed by atoms with Crippen LogP contribution in [0.4, 0.5) is 10.1 Å². The number of H-pyrrole nitrogens is 1. The Kier molecular flexibility index (Phi) is 4.19. The number of hydrogen-bond donors (Lipinski definition) is 2. The SMILES string of the molecule is Cc1ccc(NCc2cc(=O)n3[nH]c(-c4ccc(F)cc4)nc3n2)c(C)c1. The smallest absolute Gasteiger partial charge is 0.274 e. The van der Waals surface area contributed by atoms with E-state index in [1.54, 1.807) is 12.1 Å². The number of fused-ring (bicyclic) bond motifs is 1. The van der Waals surface area contributed by atoms with E-state index in [1.165, 1.54) is 28.3 Å². The van der Waals surface area contributed by atoms with Gasteiger partial charge in [0, 0.05) is 17.3 Å². The standard InChI is InChI=1S/C20H18FN5O/c1-12-3-8-17(13(2)9-12)22-11-16-10-18(27)26-20(23-16)24-19(25-26)14-4-6-15(21)7-5-14/h3-10,22H,11H2,1-2H3,(H,23,24,25). The monoisotopic (exact) mass is 363 g/mol. The molecule has 2 aromatic carbocycles. The molecule has 0 aliphatic rings. The van der Waals surface area contributed by atoms with Gasteiger partial charge in [0.2, 0.25) is 0 Å². The summed E-state index contributed by atoms with van der Waals surface area (Å²) < 4.78 is 14.4. The summed E-state index contributed by atoms with van der Waals surface area (Å²) in [5.41, 5.74) is 4.34. The van der Waals surface area contributed by atoms with Gasteiger partial charge in [0.05, 0.1) is 12.2 Å². The van der Waals surface area contributed by atoms with Crippen molar-refractivity contribution in [3.8, 4) is 11.4 Å². The minimum absolute atomic E-state index is 0.252. The molecule has 27 heavy (non-hydrogen) atoms. The van der Waals surface area contributed by atoms with E-state index in [0.717, 1.165) is 11.3 Å². The lowest BCUT2D eigenvalue weighted by molar-refractivity contribution is 0.628. The van der Waals surface area contributed by atoms with Crippen LogP contribution in [0.15, 0.2) is 53.3 Å². The zero-order chi connectivity index (χ0) is 19.0. The zero-order valence-corrected chi connectivity index (χ0v) is 15.0. The molecule has 136 valence electrons. The minimum atomic E-state index is -0.329. The molecule has 2 aromatic heterocycles. The van der Waals surface area contributed by atoms with Gasteiger partial charge in [-0.1, -0.05) is 17.7 Å². The first-order valence-electron chi connectivity index (χ1n) is 8.55. The topological polar surface area (TPSA) is 75.1 Å². The van der Waals surface area contributed by atoms with E-state index in [2.05, 4.69) is 26.4 Å². The Labute approximate surface area is 154 Å². The lowest BCUT2D eigenvalue weighted by Crippen LogP contribution is -2.17. The molecule has 4 aromatic rings. The molecule has 6 nitrogen and oxygen atoms in total. The number of nitrogens with one attached hydrogen (secondary N) is 2. The number of nitrogens with zero attached hydrogens (tertiary/aromatic N) is 3. The van der Waals surface area contributed by atoms with E-state index >= 15 is 0 Å². The number of rotatable bonds is 4. The summed E-state index contributed by atoms with van der Waals surface area (Å²) in [5.74, 6) is 0.406. The van der Waals surface area contributed by atoms with Gasteiger partial charge in [-0.15, -0.1) is 0 Å². The van der Waals surface area contributed by atoms with Crippen LogP contribution in [0.1, 0.15) is 16.8 Å². The highest BCUT2D eigenvalue weighted by atomic mass is 19.1. The molecule has 7 heteroatoms. The van der Waals surface area contributed by atoms with Gasteiger partial charge in [0.25, 0.3) is 11.3 Å². The Morgan fingerprint density at radius 1 is 1.07 bits per heavy atom. The van der Waals surface area contributed by atoms with Gasteiger partial charge in [0.1, 0.15) is 5.82 Å². The highest BCUT2D eigenvalue weighted by Gasteiger charge is 2.10. The minimum Gasteiger partial charge on any atom is -0.379 e. The van der Waals surface area contributed by atoms with E-state index in [-0.39, 0.29) is 17.2 Å². The lowest BCUT2D eigenvalue weighted by Gasteiger charge is -2.09. The third-order valence-electron chi connectivity index (χ3n) is 4.34. The van der Waals surface area contributed by atoms with Crippen LogP contribution in [0, 0.1) is 19.7 Å². The number of aromatic nitrogens is 4. The van der Waals surface area contributed by atoms with Crippen LogP contribution < -0.4 is 10.9 Å². The van der Waals surface area contributed by atoms with E-state index in [4.69, 9.17) is 0 Å². The van der Waals surface area contributed by atoms with Crippen molar-refractivity contribution in [3.63, 3.8) is 0 Å². The fraction of sp³-hybridized carbons (Fsp3) is 0.150. The number of benzene rings is 2. The van der Waals surface area contributed by atoms with Crippen LogP contribution in [0.3, 0.4) is 0 Å². The molecule has 0 bridgehead atoms. The molecule has 2 heterocycles. The van der Waals surface area contributed by atoms with E-state index in [9.17, 15) is 9.18 Å². The largest absolute Gasteiger partial charge is 0.379 e. The highest BCUT2D eigenvalue weighted by molar-refractivity contribution is 5.57. The fourth-order valence-electron chi connectivity index (χ4n) is 2.95. The maximum Gasteiger partial charge on any atom is 0.274 e. The highest BCUT2D eigenvalue weighted by Crippen LogP contribution is 2.17. The molecule has 0 atom stereocenters. The predicted octanol–water partition coefficient (Wildman–Crippen LogP) is 3.45. The Morgan fingerprint density at radius 3 is 2.59 bits per heavy atom. The summed E-state index contributed by atoms with van der Waals surface area (Å²) in [5, 5.41) is 6.21. The van der Waals surface area contributed by atoms with Crippen molar-refractivity contribution >= 4 is 11.5 Å². The molecule has 0 radical (unpaired) electrons. The molecule has 0 saturated heterocycles. The second-order valence-corrected chi connectivity index (χ2v) is 6.47. The van der Waals surface area contributed by atoms with Gasteiger partial charge in [-0.05, 0) is 49.7 Å². The van der Waals surface area contributed by atoms with Gasteiger partial charge < -0.3 is 5.32 Å². The van der Waals surface area contributed by atoms with Crippen LogP contribution in [0.5, 0.6) is 0 Å². The summed E-state index contributed by atoms with van der Waals surface area (Å²) >= 11 is 0. The van der Waals surface area contributed by atoms with Crippen molar-refractivity contribution < 1.29 is 4.39 Å². The molecular weight excluding hydrogens is 345 g/mol. The first-order chi connectivity index (χ1) is 13.0. The van der Waals surface area contributed by atoms with Crippen molar-refractivity contribution in [1.82, 2.24) is 19.6 Å². The van der Waals surface area contributed by atoms with Gasteiger partial charge in [-0.3, -0.25) is 9.89 Å². The molecule has 0 aliphatic carbocycles. The molecule has 0 amide bonds. The third kappa shape index (κ3) is 3.44. The zero-order valence-electron chi connectivity index (χ0n) is 15.0. The molecular formula is C20H18FN5O. The molecule has 0 fully saturated rings. The Hall–Kier alpha value is -3.48. The molecule has 4 rings (SSSR count). The Bertz CT molecular complexity index is 1180. The maximum atomic E-state index is 13.1. The molecule has 0 saturated carbocycles. The second kappa shape index (κ2) is 6.68. The quantitative estimate of drug-likeness (QED) is 0.582. The van der Waals surface area contributed by atoms with Crippen LogP contribution in [0.2, 0.25) is 0 Å². The predicted molar refractivity (Wildman–Crippen MR) is 102 cm³/mol. The summed E-state index contributed by atoms with van der Waals surface area (Å²) in [7, 11) is 0. The summed E-state index contributed by atoms with van der Waals surface area (Å²) in [6.45, 7) is 4.49. The van der Waals surface area contributed by atoms with Crippen LogP contribution in [0.25, 0.3) is 17.2 Å². The normalized spacial score (nSPS) is 11.1. The summed E-state index contributed by atoms with van der Waals surface area (Å²) in [6, 6.07) is 13.5. The number of hydrogen-bond acceptors (Lipinski definition) is 4. The van der Waals surface area contributed by atoms with E-state index in [0.29, 0.717) is 23.6 Å². The van der Waals surface area contributed by atoms with Gasteiger partial charge in [-0.25, -0.2) is 9.37 Å². The number of halogens is 1. The van der Waals surface area contributed by atoms with Crippen LogP contribution >= 0.6 is 0 Å². The second-order valence-electron chi connectivity index (χ2n) is 6.47. The summed E-state index contributed by atoms with van der Waals surface area (Å²) in [4.78, 5) is 21.2. The van der Waals surface area contributed by atoms with Crippen LogP contribution in [-0.2, 0) is 6.54 Å². The molecule has 2 N–H and O–H groups in total. The molecule has 0 spiro atoms. The van der Waals surface area contributed by atoms with Crippen molar-refractivity contribution in [3.05, 3.63) is 81.5 Å². The molecule has 0 aliphatic heterocycles. The summed E-state index contributed by atoms with van der Waals surface area (Å²) in [6.07, 6.45) is 0. The van der Waals surface area contributed by atoms with Crippen molar-refractivity contribution in [2.24, 2.45) is 0 Å². The van der Waals surface area contributed by atoms with Gasteiger partial charge >= 0.3 is 0 Å². The first kappa shape index (κ1) is 17.0. The van der Waals surface area contributed by atoms with E-state index in [1.807, 2.05) is 26.0 Å². The van der Waals surface area contributed by atoms with E-state index < -0.39 is 0 Å². The molecule has 0 unspecified atom stereocenters.